The summed E-state index contributed by atoms with van der Waals surface area (Å²) in [6, 6.07) is 2.75. The molecule has 1 heterocycles. The van der Waals surface area contributed by atoms with Crippen molar-refractivity contribution in [3.05, 3.63) is 24.3 Å². The molecule has 0 radical (unpaired) electrons. The standard InChI is InChI=1S/C12H17N3/c1-2-9(1)12(10-3-4-10)14-7-11-5-6-13-8-15-11/h5-6,8-10,12,14H,1-4,7H2. The van der Waals surface area contributed by atoms with Gasteiger partial charge in [0.05, 0.1) is 5.69 Å². The predicted molar refractivity (Wildman–Crippen MR) is 58.1 cm³/mol. The topological polar surface area (TPSA) is 37.8 Å². The molecular weight excluding hydrogens is 186 g/mol. The van der Waals surface area contributed by atoms with Gasteiger partial charge in [-0.3, -0.25) is 0 Å². The minimum absolute atomic E-state index is 0.764. The number of nitrogens with one attached hydrogen (secondary N) is 1. The fourth-order valence-corrected chi connectivity index (χ4v) is 2.27. The Morgan fingerprint density at radius 1 is 1.27 bits per heavy atom. The smallest absolute Gasteiger partial charge is 0.115 e. The third kappa shape index (κ3) is 2.34. The Balaban J connectivity index is 1.55. The molecule has 0 aliphatic heterocycles. The minimum Gasteiger partial charge on any atom is -0.308 e. The number of nitrogens with zero attached hydrogens (tertiary/aromatic N) is 2. The molecule has 0 atom stereocenters. The number of aromatic nitrogens is 2. The third-order valence-electron chi connectivity index (χ3n) is 3.42. The number of hydrogen-bond acceptors (Lipinski definition) is 3. The Labute approximate surface area is 90.3 Å². The summed E-state index contributed by atoms with van der Waals surface area (Å²) < 4.78 is 0. The van der Waals surface area contributed by atoms with Crippen LogP contribution in [0.15, 0.2) is 18.6 Å². The van der Waals surface area contributed by atoms with Crippen molar-refractivity contribution < 1.29 is 0 Å². The lowest BCUT2D eigenvalue weighted by atomic mass is 10.1. The molecular formula is C12H17N3. The molecule has 3 nitrogen and oxygen atoms in total. The van der Waals surface area contributed by atoms with E-state index in [0.717, 1.165) is 30.1 Å². The van der Waals surface area contributed by atoms with E-state index in [9.17, 15) is 0 Å². The SMILES string of the molecule is c1cc(CNC(C2CC2)C2CC2)ncn1. The summed E-state index contributed by atoms with van der Waals surface area (Å²) in [6.45, 7) is 0.903. The van der Waals surface area contributed by atoms with Crippen LogP contribution in [0.1, 0.15) is 31.4 Å². The van der Waals surface area contributed by atoms with E-state index < -0.39 is 0 Å². The molecule has 0 unspecified atom stereocenters. The van der Waals surface area contributed by atoms with E-state index in [1.807, 2.05) is 12.3 Å². The van der Waals surface area contributed by atoms with Crippen LogP contribution in [0.3, 0.4) is 0 Å². The van der Waals surface area contributed by atoms with Crippen LogP contribution in [0.25, 0.3) is 0 Å². The molecule has 0 bridgehead atoms. The summed E-state index contributed by atoms with van der Waals surface area (Å²) in [4.78, 5) is 8.17. The zero-order valence-corrected chi connectivity index (χ0v) is 8.89. The molecule has 0 aromatic carbocycles. The maximum absolute atomic E-state index is 4.24. The summed E-state index contributed by atoms with van der Waals surface area (Å²) in [5.41, 5.74) is 1.11. The van der Waals surface area contributed by atoms with E-state index in [-0.39, 0.29) is 0 Å². The lowest BCUT2D eigenvalue weighted by Crippen LogP contribution is -2.32. The Bertz CT molecular complexity index is 305. The average Bonchev–Trinajstić information content (AvgIpc) is 3.14. The maximum atomic E-state index is 4.24. The van der Waals surface area contributed by atoms with Crippen molar-refractivity contribution in [2.75, 3.05) is 0 Å². The minimum atomic E-state index is 0.764. The van der Waals surface area contributed by atoms with Crippen molar-refractivity contribution in [2.24, 2.45) is 11.8 Å². The average molecular weight is 203 g/mol. The fourth-order valence-electron chi connectivity index (χ4n) is 2.27. The van der Waals surface area contributed by atoms with E-state index in [4.69, 9.17) is 0 Å². The monoisotopic (exact) mass is 203 g/mol. The highest BCUT2D eigenvalue weighted by Crippen LogP contribution is 2.44. The molecule has 3 heteroatoms. The number of rotatable bonds is 5. The van der Waals surface area contributed by atoms with E-state index in [2.05, 4.69) is 15.3 Å². The molecule has 0 spiro atoms. The van der Waals surface area contributed by atoms with Gasteiger partial charge in [-0.15, -0.1) is 0 Å². The van der Waals surface area contributed by atoms with Crippen LogP contribution in [-0.2, 0) is 6.54 Å². The molecule has 2 saturated carbocycles. The van der Waals surface area contributed by atoms with Crippen LogP contribution >= 0.6 is 0 Å². The van der Waals surface area contributed by atoms with Gasteiger partial charge in [-0.05, 0) is 43.6 Å². The summed E-state index contributed by atoms with van der Waals surface area (Å²) in [6.07, 6.45) is 9.15. The van der Waals surface area contributed by atoms with Gasteiger partial charge >= 0.3 is 0 Å². The Kier molecular flexibility index (Phi) is 2.41. The van der Waals surface area contributed by atoms with Crippen LogP contribution in [-0.4, -0.2) is 16.0 Å². The first-order chi connectivity index (χ1) is 7.43. The predicted octanol–water partition coefficient (Wildman–Crippen LogP) is 1.75. The molecule has 3 rings (SSSR count). The third-order valence-corrected chi connectivity index (χ3v) is 3.42. The molecule has 1 N–H and O–H groups in total. The molecule has 1 aromatic rings. The van der Waals surface area contributed by atoms with Crippen molar-refractivity contribution in [3.8, 4) is 0 Å². The molecule has 1 aromatic heterocycles. The fraction of sp³-hybridized carbons (Fsp3) is 0.667. The summed E-state index contributed by atoms with van der Waals surface area (Å²) >= 11 is 0. The molecule has 2 fully saturated rings. The Hall–Kier alpha value is -0.960. The molecule has 2 aliphatic carbocycles. The Morgan fingerprint density at radius 3 is 2.53 bits per heavy atom. The Morgan fingerprint density at radius 2 is 2.00 bits per heavy atom. The second-order valence-electron chi connectivity index (χ2n) is 4.78. The second-order valence-corrected chi connectivity index (χ2v) is 4.78. The highest BCUT2D eigenvalue weighted by Gasteiger charge is 2.40. The first kappa shape index (κ1) is 9.28. The highest BCUT2D eigenvalue weighted by atomic mass is 15.0. The van der Waals surface area contributed by atoms with Crippen LogP contribution in [0.5, 0.6) is 0 Å². The van der Waals surface area contributed by atoms with Crippen LogP contribution < -0.4 is 5.32 Å². The van der Waals surface area contributed by atoms with Gasteiger partial charge < -0.3 is 5.32 Å². The number of hydrogen-bond donors (Lipinski definition) is 1. The zero-order chi connectivity index (χ0) is 10.1. The normalized spacial score (nSPS) is 20.9. The van der Waals surface area contributed by atoms with Crippen molar-refractivity contribution in [2.45, 2.75) is 38.3 Å². The first-order valence-corrected chi connectivity index (χ1v) is 5.92. The molecule has 2 aliphatic rings. The summed E-state index contributed by atoms with van der Waals surface area (Å²) in [5.74, 6) is 1.92. The first-order valence-electron chi connectivity index (χ1n) is 5.92. The van der Waals surface area contributed by atoms with Gasteiger partial charge in [0, 0.05) is 18.8 Å². The van der Waals surface area contributed by atoms with Crippen molar-refractivity contribution in [3.63, 3.8) is 0 Å². The molecule has 0 saturated heterocycles. The van der Waals surface area contributed by atoms with Crippen molar-refractivity contribution in [1.82, 2.24) is 15.3 Å². The van der Waals surface area contributed by atoms with Crippen LogP contribution in [0.2, 0.25) is 0 Å². The van der Waals surface area contributed by atoms with E-state index in [0.29, 0.717) is 0 Å². The second kappa shape index (κ2) is 3.89. The van der Waals surface area contributed by atoms with Gasteiger partial charge in [0.2, 0.25) is 0 Å². The van der Waals surface area contributed by atoms with Gasteiger partial charge in [-0.25, -0.2) is 9.97 Å². The largest absolute Gasteiger partial charge is 0.308 e. The summed E-state index contributed by atoms with van der Waals surface area (Å²) in [5, 5.41) is 3.67. The quantitative estimate of drug-likeness (QED) is 0.792. The van der Waals surface area contributed by atoms with Crippen molar-refractivity contribution in [1.29, 1.82) is 0 Å². The van der Waals surface area contributed by atoms with Gasteiger partial charge in [-0.2, -0.15) is 0 Å². The van der Waals surface area contributed by atoms with Crippen LogP contribution in [0, 0.1) is 11.8 Å². The van der Waals surface area contributed by atoms with Gasteiger partial charge in [0.1, 0.15) is 6.33 Å². The highest BCUT2D eigenvalue weighted by molar-refractivity contribution is 5.01. The van der Waals surface area contributed by atoms with E-state index in [1.165, 1.54) is 25.7 Å². The van der Waals surface area contributed by atoms with E-state index >= 15 is 0 Å². The molecule has 80 valence electrons. The maximum Gasteiger partial charge on any atom is 0.115 e. The van der Waals surface area contributed by atoms with Gasteiger partial charge in [0.15, 0.2) is 0 Å². The zero-order valence-electron chi connectivity index (χ0n) is 8.89. The van der Waals surface area contributed by atoms with Gasteiger partial charge in [-0.1, -0.05) is 0 Å². The van der Waals surface area contributed by atoms with E-state index in [1.54, 1.807) is 6.33 Å². The molecule has 15 heavy (non-hydrogen) atoms. The van der Waals surface area contributed by atoms with Crippen molar-refractivity contribution >= 4 is 0 Å². The van der Waals surface area contributed by atoms with Gasteiger partial charge in [0.25, 0.3) is 0 Å². The lowest BCUT2D eigenvalue weighted by Gasteiger charge is -2.16. The lowest BCUT2D eigenvalue weighted by molar-refractivity contribution is 0.413. The molecule has 0 amide bonds. The van der Waals surface area contributed by atoms with Crippen LogP contribution in [0.4, 0.5) is 0 Å². The summed E-state index contributed by atoms with van der Waals surface area (Å²) in [7, 11) is 0.